The molecule has 0 aliphatic carbocycles. The number of carbonyl (C=O) groups excluding carboxylic acids is 1. The third kappa shape index (κ3) is 6.58. The lowest BCUT2D eigenvalue weighted by atomic mass is 9.92. The topological polar surface area (TPSA) is 35.5 Å². The zero-order valence-corrected chi connectivity index (χ0v) is 13.2. The summed E-state index contributed by atoms with van der Waals surface area (Å²) in [4.78, 5) is 10.9. The van der Waals surface area contributed by atoms with Gasteiger partial charge in [0.15, 0.2) is 0 Å². The first-order valence-corrected chi connectivity index (χ1v) is 7.53. The average molecular weight is 290 g/mol. The van der Waals surface area contributed by atoms with Gasteiger partial charge >= 0.3 is 0 Å². The Morgan fingerprint density at radius 3 is 2.52 bits per heavy atom. The van der Waals surface area contributed by atoms with Crippen LogP contribution in [-0.2, 0) is 16.1 Å². The van der Waals surface area contributed by atoms with Crippen LogP contribution in [-0.4, -0.2) is 20.0 Å². The van der Waals surface area contributed by atoms with Crippen molar-refractivity contribution in [3.63, 3.8) is 0 Å². The lowest BCUT2D eigenvalue weighted by Crippen LogP contribution is -2.13. The summed E-state index contributed by atoms with van der Waals surface area (Å²) in [5, 5.41) is 0. The Labute approximate surface area is 128 Å². The van der Waals surface area contributed by atoms with E-state index in [-0.39, 0.29) is 11.8 Å². The Kier molecular flexibility index (Phi) is 8.44. The van der Waals surface area contributed by atoms with Crippen LogP contribution in [0.2, 0.25) is 0 Å². The summed E-state index contributed by atoms with van der Waals surface area (Å²) in [6, 6.07) is 7.86. The SMILES string of the molecule is CCC=C[C@@H](CCOCc1ccc(OC)cc1)[C@H](C)C=O. The number of rotatable bonds is 10. The molecule has 2 atom stereocenters. The van der Waals surface area contributed by atoms with E-state index in [1.54, 1.807) is 7.11 Å². The van der Waals surface area contributed by atoms with E-state index in [4.69, 9.17) is 9.47 Å². The van der Waals surface area contributed by atoms with E-state index in [0.717, 1.165) is 30.4 Å². The van der Waals surface area contributed by atoms with E-state index in [9.17, 15) is 4.79 Å². The molecule has 0 N–H and O–H groups in total. The predicted octanol–water partition coefficient (Wildman–Crippen LogP) is 4.02. The van der Waals surface area contributed by atoms with Crippen LogP contribution >= 0.6 is 0 Å². The summed E-state index contributed by atoms with van der Waals surface area (Å²) in [6.07, 6.45) is 7.14. The Bertz CT molecular complexity index is 423. The number of carbonyl (C=O) groups is 1. The van der Waals surface area contributed by atoms with Crippen molar-refractivity contribution in [3.05, 3.63) is 42.0 Å². The summed E-state index contributed by atoms with van der Waals surface area (Å²) >= 11 is 0. The molecule has 116 valence electrons. The Morgan fingerprint density at radius 2 is 1.95 bits per heavy atom. The van der Waals surface area contributed by atoms with E-state index in [1.807, 2.05) is 31.2 Å². The fourth-order valence-electron chi connectivity index (χ4n) is 2.08. The highest BCUT2D eigenvalue weighted by Gasteiger charge is 2.13. The molecule has 3 nitrogen and oxygen atoms in total. The van der Waals surface area contributed by atoms with Gasteiger partial charge in [-0.1, -0.05) is 38.1 Å². The summed E-state index contributed by atoms with van der Waals surface area (Å²) in [7, 11) is 1.66. The highest BCUT2D eigenvalue weighted by Crippen LogP contribution is 2.17. The molecule has 1 aromatic rings. The molecule has 0 unspecified atom stereocenters. The van der Waals surface area contributed by atoms with E-state index in [1.165, 1.54) is 0 Å². The fourth-order valence-corrected chi connectivity index (χ4v) is 2.08. The third-order valence-corrected chi connectivity index (χ3v) is 3.53. The van der Waals surface area contributed by atoms with Crippen molar-refractivity contribution in [1.29, 1.82) is 0 Å². The number of allylic oxidation sites excluding steroid dienone is 2. The van der Waals surface area contributed by atoms with Gasteiger partial charge in [-0.2, -0.15) is 0 Å². The smallest absolute Gasteiger partial charge is 0.123 e. The molecule has 0 spiro atoms. The second kappa shape index (κ2) is 10.2. The summed E-state index contributed by atoms with van der Waals surface area (Å²) in [5.41, 5.74) is 1.12. The van der Waals surface area contributed by atoms with Crippen molar-refractivity contribution < 1.29 is 14.3 Å². The zero-order chi connectivity index (χ0) is 15.5. The normalized spacial score (nSPS) is 14.0. The number of hydrogen-bond acceptors (Lipinski definition) is 3. The third-order valence-electron chi connectivity index (χ3n) is 3.53. The van der Waals surface area contributed by atoms with Crippen molar-refractivity contribution in [1.82, 2.24) is 0 Å². The van der Waals surface area contributed by atoms with Gasteiger partial charge in [0.2, 0.25) is 0 Å². The van der Waals surface area contributed by atoms with Gasteiger partial charge in [-0.3, -0.25) is 0 Å². The van der Waals surface area contributed by atoms with Crippen LogP contribution in [0, 0.1) is 11.8 Å². The van der Waals surface area contributed by atoms with Gasteiger partial charge in [-0.25, -0.2) is 0 Å². The van der Waals surface area contributed by atoms with E-state index in [2.05, 4.69) is 19.1 Å². The Morgan fingerprint density at radius 1 is 1.24 bits per heavy atom. The standard InChI is InChI=1S/C18H26O3/c1-4-5-6-17(15(2)13-19)11-12-21-14-16-7-9-18(20-3)10-8-16/h5-10,13,15,17H,4,11-12,14H2,1-3H3/t15-,17+/m1/s1. The first kappa shape index (κ1) is 17.4. The minimum Gasteiger partial charge on any atom is -0.497 e. The molecule has 0 bridgehead atoms. The number of aldehydes is 1. The molecule has 0 amide bonds. The molecule has 0 aliphatic heterocycles. The molecule has 3 heteroatoms. The molecule has 0 fully saturated rings. The summed E-state index contributed by atoms with van der Waals surface area (Å²) < 4.78 is 10.8. The van der Waals surface area contributed by atoms with Crippen LogP contribution < -0.4 is 4.74 Å². The van der Waals surface area contributed by atoms with Crippen molar-refractivity contribution in [2.75, 3.05) is 13.7 Å². The van der Waals surface area contributed by atoms with E-state index < -0.39 is 0 Å². The zero-order valence-electron chi connectivity index (χ0n) is 13.2. The molecule has 0 heterocycles. The lowest BCUT2D eigenvalue weighted by molar-refractivity contribution is -0.111. The monoisotopic (exact) mass is 290 g/mol. The van der Waals surface area contributed by atoms with Gasteiger partial charge in [0.1, 0.15) is 12.0 Å². The van der Waals surface area contributed by atoms with Gasteiger partial charge in [0.05, 0.1) is 13.7 Å². The van der Waals surface area contributed by atoms with Gasteiger partial charge in [-0.15, -0.1) is 0 Å². The van der Waals surface area contributed by atoms with Gasteiger partial charge in [-0.05, 0) is 36.5 Å². The number of ether oxygens (including phenoxy) is 2. The predicted molar refractivity (Wildman–Crippen MR) is 85.4 cm³/mol. The summed E-state index contributed by atoms with van der Waals surface area (Å²) in [6.45, 7) is 5.30. The number of hydrogen-bond donors (Lipinski definition) is 0. The van der Waals surface area contributed by atoms with Crippen molar-refractivity contribution in [2.45, 2.75) is 33.3 Å². The van der Waals surface area contributed by atoms with E-state index >= 15 is 0 Å². The Balaban J connectivity index is 2.35. The maximum Gasteiger partial charge on any atom is 0.123 e. The van der Waals surface area contributed by atoms with Crippen LogP contribution in [0.4, 0.5) is 0 Å². The van der Waals surface area contributed by atoms with Crippen LogP contribution in [0.25, 0.3) is 0 Å². The fraction of sp³-hybridized carbons (Fsp3) is 0.500. The van der Waals surface area contributed by atoms with Gasteiger partial charge in [0, 0.05) is 12.5 Å². The quantitative estimate of drug-likeness (QED) is 0.371. The largest absolute Gasteiger partial charge is 0.497 e. The summed E-state index contributed by atoms with van der Waals surface area (Å²) in [5.74, 6) is 1.15. The van der Waals surface area contributed by atoms with Crippen molar-refractivity contribution in [2.24, 2.45) is 11.8 Å². The van der Waals surface area contributed by atoms with Crippen molar-refractivity contribution >= 4 is 6.29 Å². The minimum absolute atomic E-state index is 0.0392. The maximum atomic E-state index is 10.9. The Hall–Kier alpha value is -1.61. The van der Waals surface area contributed by atoms with Crippen LogP contribution in [0.5, 0.6) is 5.75 Å². The van der Waals surface area contributed by atoms with Crippen molar-refractivity contribution in [3.8, 4) is 5.75 Å². The molecule has 0 aromatic heterocycles. The minimum atomic E-state index is 0.0392. The number of methoxy groups -OCH3 is 1. The molecule has 1 rings (SSSR count). The molecular weight excluding hydrogens is 264 g/mol. The molecule has 0 saturated heterocycles. The molecule has 1 aromatic carbocycles. The van der Waals surface area contributed by atoms with E-state index in [0.29, 0.717) is 13.2 Å². The van der Waals surface area contributed by atoms with Crippen LogP contribution in [0.1, 0.15) is 32.3 Å². The van der Waals surface area contributed by atoms with Gasteiger partial charge in [0.25, 0.3) is 0 Å². The highest BCUT2D eigenvalue weighted by atomic mass is 16.5. The second-order valence-electron chi connectivity index (χ2n) is 5.18. The number of benzene rings is 1. The maximum absolute atomic E-state index is 10.9. The molecular formula is C18H26O3. The molecule has 0 saturated carbocycles. The molecule has 21 heavy (non-hydrogen) atoms. The first-order valence-electron chi connectivity index (χ1n) is 7.53. The lowest BCUT2D eigenvalue weighted by Gasteiger charge is -2.16. The molecule has 0 aliphatic rings. The van der Waals surface area contributed by atoms with Gasteiger partial charge < -0.3 is 14.3 Å². The average Bonchev–Trinajstić information content (AvgIpc) is 2.54. The second-order valence-corrected chi connectivity index (χ2v) is 5.18. The van der Waals surface area contributed by atoms with Crippen LogP contribution in [0.3, 0.4) is 0 Å². The van der Waals surface area contributed by atoms with Crippen LogP contribution in [0.15, 0.2) is 36.4 Å². The first-order chi connectivity index (χ1) is 10.2. The highest BCUT2D eigenvalue weighted by molar-refractivity contribution is 5.53. The molecule has 0 radical (unpaired) electrons.